The Morgan fingerprint density at radius 3 is 2.36 bits per heavy atom. The first-order valence-corrected chi connectivity index (χ1v) is 11.3. The molecule has 174 valence electrons. The predicted octanol–water partition coefficient (Wildman–Crippen LogP) is 5.48. The van der Waals surface area contributed by atoms with Crippen LogP contribution in [0.5, 0.6) is 0 Å². The van der Waals surface area contributed by atoms with Gasteiger partial charge in [-0.2, -0.15) is 4.98 Å². The number of rotatable bonds is 10. The van der Waals surface area contributed by atoms with E-state index >= 15 is 0 Å². The van der Waals surface area contributed by atoms with Gasteiger partial charge in [-0.1, -0.05) is 37.0 Å². The normalized spacial score (nSPS) is 10.8. The third-order valence-electron chi connectivity index (χ3n) is 4.94. The molecule has 0 aliphatic heterocycles. The van der Waals surface area contributed by atoms with Crippen molar-refractivity contribution in [3.63, 3.8) is 0 Å². The molecule has 0 atom stereocenters. The average Bonchev–Trinajstić information content (AvgIpc) is 2.81. The summed E-state index contributed by atoms with van der Waals surface area (Å²) in [5, 5.41) is 9.52. The maximum atomic E-state index is 14.2. The summed E-state index contributed by atoms with van der Waals surface area (Å²) in [5.74, 6) is -0.589. The van der Waals surface area contributed by atoms with Crippen molar-refractivity contribution >= 4 is 52.3 Å². The molecule has 0 spiro atoms. The summed E-state index contributed by atoms with van der Waals surface area (Å²) >= 11 is 11.9. The molecule has 0 fully saturated rings. The lowest BCUT2D eigenvalue weighted by molar-refractivity contribution is 0.0949. The molecule has 1 aromatic heterocycles. The number of carbonyl (C=O) groups excluding carboxylic acids is 1. The van der Waals surface area contributed by atoms with E-state index < -0.39 is 5.82 Å². The van der Waals surface area contributed by atoms with Crippen molar-refractivity contribution in [1.82, 2.24) is 20.2 Å². The number of aromatic nitrogens is 2. The van der Waals surface area contributed by atoms with Gasteiger partial charge in [0.2, 0.25) is 5.95 Å². The lowest BCUT2D eigenvalue weighted by Gasteiger charge is -2.18. The Labute approximate surface area is 202 Å². The van der Waals surface area contributed by atoms with Crippen molar-refractivity contribution in [2.75, 3.05) is 36.8 Å². The van der Waals surface area contributed by atoms with Crippen LogP contribution < -0.4 is 16.0 Å². The number of nitrogens with zero attached hydrogens (tertiary/aromatic N) is 3. The molecule has 0 saturated carbocycles. The van der Waals surface area contributed by atoms with E-state index in [1.807, 2.05) is 0 Å². The van der Waals surface area contributed by atoms with Gasteiger partial charge in [0.25, 0.3) is 5.91 Å². The van der Waals surface area contributed by atoms with Gasteiger partial charge in [-0.3, -0.25) is 4.79 Å². The van der Waals surface area contributed by atoms with Crippen molar-refractivity contribution in [3.8, 4) is 0 Å². The van der Waals surface area contributed by atoms with Gasteiger partial charge in [-0.15, -0.1) is 0 Å². The van der Waals surface area contributed by atoms with Gasteiger partial charge in [-0.25, -0.2) is 9.37 Å². The van der Waals surface area contributed by atoms with E-state index in [4.69, 9.17) is 23.2 Å². The summed E-state index contributed by atoms with van der Waals surface area (Å²) in [6.07, 6.45) is 1.06. The lowest BCUT2D eigenvalue weighted by atomic mass is 10.2. The molecule has 7 nitrogen and oxygen atoms in total. The van der Waals surface area contributed by atoms with E-state index in [0.717, 1.165) is 25.8 Å². The van der Waals surface area contributed by atoms with E-state index in [-0.39, 0.29) is 17.7 Å². The van der Waals surface area contributed by atoms with Gasteiger partial charge in [0, 0.05) is 30.0 Å². The molecular weight excluding hydrogens is 466 g/mol. The van der Waals surface area contributed by atoms with E-state index in [0.29, 0.717) is 33.5 Å². The highest BCUT2D eigenvalue weighted by atomic mass is 35.5. The molecule has 10 heteroatoms. The van der Waals surface area contributed by atoms with Crippen molar-refractivity contribution in [1.29, 1.82) is 0 Å². The fourth-order valence-electron chi connectivity index (χ4n) is 3.03. The summed E-state index contributed by atoms with van der Waals surface area (Å²) < 4.78 is 14.2. The average molecular weight is 491 g/mol. The first-order chi connectivity index (χ1) is 15.9. The van der Waals surface area contributed by atoms with Crippen molar-refractivity contribution < 1.29 is 9.18 Å². The molecule has 0 aliphatic rings. The first kappa shape index (κ1) is 24.7. The highest BCUT2D eigenvalue weighted by molar-refractivity contribution is 6.42. The Kier molecular flexibility index (Phi) is 8.82. The largest absolute Gasteiger partial charge is 0.351 e. The SMILES string of the molecule is CCN(CC)CCNC(=O)c1ccc(Nc2ncc(F)c(Nc3ccc(Cl)c(Cl)c3)n2)cc1. The fourth-order valence-corrected chi connectivity index (χ4v) is 3.33. The number of hydrogen-bond donors (Lipinski definition) is 3. The molecule has 3 aromatic rings. The second-order valence-corrected chi connectivity index (χ2v) is 7.94. The number of carbonyl (C=O) groups is 1. The first-order valence-electron chi connectivity index (χ1n) is 10.5. The van der Waals surface area contributed by atoms with Crippen LogP contribution in [0.2, 0.25) is 10.0 Å². The molecule has 0 radical (unpaired) electrons. The third kappa shape index (κ3) is 7.02. The van der Waals surface area contributed by atoms with E-state index in [2.05, 4.69) is 44.7 Å². The number of amides is 1. The van der Waals surface area contributed by atoms with Crippen molar-refractivity contribution in [3.05, 3.63) is 70.1 Å². The van der Waals surface area contributed by atoms with Crippen LogP contribution in [0.4, 0.5) is 27.5 Å². The zero-order valence-electron chi connectivity index (χ0n) is 18.3. The molecule has 1 heterocycles. The second kappa shape index (κ2) is 11.8. The summed E-state index contributed by atoms with van der Waals surface area (Å²) in [5.41, 5.74) is 1.73. The number of hydrogen-bond acceptors (Lipinski definition) is 6. The van der Waals surface area contributed by atoms with Crippen molar-refractivity contribution in [2.45, 2.75) is 13.8 Å². The second-order valence-electron chi connectivity index (χ2n) is 7.13. The van der Waals surface area contributed by atoms with Gasteiger partial charge in [0.1, 0.15) is 0 Å². The Hall–Kier alpha value is -2.94. The van der Waals surface area contributed by atoms with Gasteiger partial charge in [0.05, 0.1) is 16.2 Å². The van der Waals surface area contributed by atoms with Crippen LogP contribution in [0.15, 0.2) is 48.7 Å². The molecule has 0 aliphatic carbocycles. The number of anilines is 4. The Morgan fingerprint density at radius 2 is 1.70 bits per heavy atom. The monoisotopic (exact) mass is 490 g/mol. The smallest absolute Gasteiger partial charge is 0.251 e. The van der Waals surface area contributed by atoms with Crippen LogP contribution in [0.1, 0.15) is 24.2 Å². The number of halogens is 3. The Balaban J connectivity index is 1.62. The molecule has 3 rings (SSSR count). The summed E-state index contributed by atoms with van der Waals surface area (Å²) in [7, 11) is 0. The minimum Gasteiger partial charge on any atom is -0.351 e. The van der Waals surface area contributed by atoms with Gasteiger partial charge >= 0.3 is 0 Å². The van der Waals surface area contributed by atoms with Crippen LogP contribution in [0, 0.1) is 5.82 Å². The minimum absolute atomic E-state index is 0.0184. The predicted molar refractivity (Wildman–Crippen MR) is 132 cm³/mol. The number of benzene rings is 2. The van der Waals surface area contributed by atoms with Crippen LogP contribution in [0.25, 0.3) is 0 Å². The van der Waals surface area contributed by atoms with Crippen molar-refractivity contribution in [2.24, 2.45) is 0 Å². The Morgan fingerprint density at radius 1 is 1.00 bits per heavy atom. The third-order valence-corrected chi connectivity index (χ3v) is 5.68. The molecule has 1 amide bonds. The van der Waals surface area contributed by atoms with E-state index in [9.17, 15) is 9.18 Å². The van der Waals surface area contributed by atoms with E-state index in [1.165, 1.54) is 0 Å². The molecule has 0 saturated heterocycles. The summed E-state index contributed by atoms with van der Waals surface area (Å²) in [4.78, 5) is 22.7. The molecule has 33 heavy (non-hydrogen) atoms. The quantitative estimate of drug-likeness (QED) is 0.349. The van der Waals surface area contributed by atoms with Crippen LogP contribution in [-0.2, 0) is 0 Å². The van der Waals surface area contributed by atoms with Gasteiger partial charge in [-0.05, 0) is 55.6 Å². The number of nitrogens with one attached hydrogen (secondary N) is 3. The van der Waals surface area contributed by atoms with Crippen LogP contribution in [-0.4, -0.2) is 47.0 Å². The Bertz CT molecular complexity index is 1090. The van der Waals surface area contributed by atoms with Crippen LogP contribution in [0.3, 0.4) is 0 Å². The summed E-state index contributed by atoms with van der Waals surface area (Å²) in [6.45, 7) is 7.46. The lowest BCUT2D eigenvalue weighted by Crippen LogP contribution is -2.34. The maximum Gasteiger partial charge on any atom is 0.251 e. The van der Waals surface area contributed by atoms with Gasteiger partial charge < -0.3 is 20.9 Å². The standard InChI is InChI=1S/C23H25Cl2FN6O/c1-3-32(4-2)12-11-27-22(33)15-5-7-16(8-6-15)30-23-28-14-20(26)21(31-23)29-17-9-10-18(24)19(25)13-17/h5-10,13-14H,3-4,11-12H2,1-2H3,(H,27,33)(H2,28,29,30,31). The zero-order valence-corrected chi connectivity index (χ0v) is 19.8. The topological polar surface area (TPSA) is 82.2 Å². The molecule has 0 unspecified atom stereocenters. The van der Waals surface area contributed by atoms with E-state index in [1.54, 1.807) is 42.5 Å². The summed E-state index contributed by atoms with van der Waals surface area (Å²) in [6, 6.07) is 11.7. The zero-order chi connectivity index (χ0) is 23.8. The fraction of sp³-hybridized carbons (Fsp3) is 0.261. The van der Waals surface area contributed by atoms with Crippen LogP contribution >= 0.6 is 23.2 Å². The number of likely N-dealkylation sites (N-methyl/N-ethyl adjacent to an activating group) is 1. The molecule has 0 bridgehead atoms. The molecule has 3 N–H and O–H groups in total. The van der Waals surface area contributed by atoms with Gasteiger partial charge in [0.15, 0.2) is 11.6 Å². The molecular formula is C23H25Cl2FN6O. The highest BCUT2D eigenvalue weighted by Gasteiger charge is 2.10. The maximum absolute atomic E-state index is 14.2. The molecule has 2 aromatic carbocycles. The highest BCUT2D eigenvalue weighted by Crippen LogP contribution is 2.27. The minimum atomic E-state index is -0.622.